The molecule has 4 aliphatic rings. The highest BCUT2D eigenvalue weighted by molar-refractivity contribution is 6.35. The van der Waals surface area contributed by atoms with E-state index in [1.165, 1.54) is 31.4 Å². The highest BCUT2D eigenvalue weighted by Gasteiger charge is 2.85. The maximum absolute atomic E-state index is 14.2. The fourth-order valence-corrected chi connectivity index (χ4v) is 10.1. The van der Waals surface area contributed by atoms with E-state index in [0.717, 1.165) is 60.5 Å². The number of hydrogen-bond acceptors (Lipinski definition) is 2. The summed E-state index contributed by atoms with van der Waals surface area (Å²) in [7, 11) is 0. The lowest BCUT2D eigenvalue weighted by Gasteiger charge is -2.66. The summed E-state index contributed by atoms with van der Waals surface area (Å²) >= 11 is 13.0. The van der Waals surface area contributed by atoms with Crippen molar-refractivity contribution in [2.24, 2.45) is 22.2 Å². The van der Waals surface area contributed by atoms with Crippen molar-refractivity contribution in [2.45, 2.75) is 84.1 Å². The number of nitrogens with zero attached hydrogens (tertiary/aromatic N) is 2. The molecule has 0 radical (unpaired) electrons. The third-order valence-electron chi connectivity index (χ3n) is 11.3. The molecule has 5 atom stereocenters. The molecule has 1 N–H and O–H groups in total. The van der Waals surface area contributed by atoms with Crippen LogP contribution in [0.1, 0.15) is 92.5 Å². The number of carbonyl (C=O) groups is 1. The first-order valence-electron chi connectivity index (χ1n) is 14.7. The first-order valence-corrected chi connectivity index (χ1v) is 15.4. The molecule has 4 aliphatic carbocycles. The minimum atomic E-state index is -0.239. The van der Waals surface area contributed by atoms with Gasteiger partial charge in [-0.1, -0.05) is 62.5 Å². The lowest BCUT2D eigenvalue weighted by molar-refractivity contribution is -0.146. The Kier molecular flexibility index (Phi) is 6.01. The molecule has 7 heteroatoms. The van der Waals surface area contributed by atoms with Gasteiger partial charge in [0, 0.05) is 22.5 Å². The molecule has 0 bridgehead atoms. The normalized spacial score (nSPS) is 31.4. The zero-order valence-corrected chi connectivity index (χ0v) is 24.9. The van der Waals surface area contributed by atoms with E-state index in [1.807, 2.05) is 28.9 Å². The Bertz CT molecular complexity index is 1510. The maximum atomic E-state index is 14.2. The molecule has 40 heavy (non-hydrogen) atoms. The summed E-state index contributed by atoms with van der Waals surface area (Å²) in [4.78, 5) is 14.2. The van der Waals surface area contributed by atoms with Crippen molar-refractivity contribution in [1.29, 1.82) is 0 Å². The van der Waals surface area contributed by atoms with Gasteiger partial charge in [-0.05, 0) is 103 Å². The van der Waals surface area contributed by atoms with Crippen molar-refractivity contribution < 1.29 is 9.18 Å². The first kappa shape index (κ1) is 26.5. The fourth-order valence-electron chi connectivity index (χ4n) is 9.60. The Balaban J connectivity index is 1.30. The van der Waals surface area contributed by atoms with Gasteiger partial charge in [0.15, 0.2) is 5.69 Å². The van der Waals surface area contributed by atoms with Crippen molar-refractivity contribution in [3.8, 4) is 5.69 Å². The van der Waals surface area contributed by atoms with Crippen LogP contribution in [0.3, 0.4) is 0 Å². The molecule has 4 nitrogen and oxygen atoms in total. The van der Waals surface area contributed by atoms with Gasteiger partial charge in [0.05, 0.1) is 16.4 Å². The maximum Gasteiger partial charge on any atom is 0.272 e. The molecule has 0 saturated heterocycles. The zero-order valence-electron chi connectivity index (χ0n) is 23.4. The molecule has 1 heterocycles. The molecule has 3 saturated carbocycles. The second-order valence-corrected chi connectivity index (χ2v) is 14.3. The van der Waals surface area contributed by atoms with Crippen LogP contribution in [0.25, 0.3) is 5.69 Å². The quantitative estimate of drug-likeness (QED) is 0.309. The molecular weight excluding hydrogens is 544 g/mol. The molecule has 210 valence electrons. The predicted molar refractivity (Wildman–Crippen MR) is 157 cm³/mol. The minimum absolute atomic E-state index is 0.0721. The van der Waals surface area contributed by atoms with E-state index in [0.29, 0.717) is 21.2 Å². The number of rotatable bonds is 5. The molecule has 0 aliphatic heterocycles. The molecule has 4 unspecified atom stereocenters. The number of hydrogen-bond donors (Lipinski definition) is 1. The van der Waals surface area contributed by atoms with Crippen LogP contribution in [-0.4, -0.2) is 21.7 Å². The number of nitrogens with one attached hydrogen (secondary N) is 1. The molecule has 2 aromatic carbocycles. The summed E-state index contributed by atoms with van der Waals surface area (Å²) < 4.78 is 15.6. The number of benzene rings is 2. The van der Waals surface area contributed by atoms with Crippen LogP contribution in [0.4, 0.5) is 4.39 Å². The van der Waals surface area contributed by atoms with Crippen LogP contribution in [0.5, 0.6) is 0 Å². The van der Waals surface area contributed by atoms with Gasteiger partial charge in [0.2, 0.25) is 0 Å². The zero-order chi connectivity index (χ0) is 28.0. The topological polar surface area (TPSA) is 46.9 Å². The van der Waals surface area contributed by atoms with E-state index in [9.17, 15) is 9.18 Å². The van der Waals surface area contributed by atoms with Crippen LogP contribution in [0.15, 0.2) is 42.5 Å². The van der Waals surface area contributed by atoms with E-state index < -0.39 is 0 Å². The number of carbonyl (C=O) groups excluding carboxylic acids is 1. The summed E-state index contributed by atoms with van der Waals surface area (Å²) in [5.74, 6) is 0.610. The lowest BCUT2D eigenvalue weighted by atomic mass is 9.41. The molecular formula is C33H36Cl2FN3O. The molecule has 1 amide bonds. The van der Waals surface area contributed by atoms with E-state index >= 15 is 0 Å². The average Bonchev–Trinajstić information content (AvgIpc) is 3.56. The van der Waals surface area contributed by atoms with Crippen LogP contribution >= 0.6 is 23.2 Å². The number of amides is 1. The highest BCUT2D eigenvalue weighted by atomic mass is 35.5. The Morgan fingerprint density at radius 3 is 2.60 bits per heavy atom. The van der Waals surface area contributed by atoms with Gasteiger partial charge in [-0.25, -0.2) is 9.07 Å². The molecule has 3 aromatic rings. The second-order valence-electron chi connectivity index (χ2n) is 13.4. The summed E-state index contributed by atoms with van der Waals surface area (Å²) in [5, 5.41) is 9.57. The third kappa shape index (κ3) is 3.62. The molecule has 1 aromatic heterocycles. The minimum Gasteiger partial charge on any atom is -0.347 e. The standard InChI is InChI=1S/C33H36Cl2FN3O/c1-31(2)30(32(3)15-14-21-18-33(21,31)32)37-29(40)27-24-7-5-4-6-20(16-19-8-11-23(36)12-9-19)28(24)39(38-27)26-13-10-22(34)17-25(26)35/h8-13,17,20-21,30H,4-7,14-16,18H2,1-3H3,(H,37,40)/t20?,21?,30-,32?,33?/m1/s1. The smallest absolute Gasteiger partial charge is 0.272 e. The van der Waals surface area contributed by atoms with Gasteiger partial charge >= 0.3 is 0 Å². The highest BCUT2D eigenvalue weighted by Crippen LogP contribution is 2.88. The van der Waals surface area contributed by atoms with Crippen molar-refractivity contribution >= 4 is 29.1 Å². The summed E-state index contributed by atoms with van der Waals surface area (Å²) in [5.41, 5.74) is 4.96. The van der Waals surface area contributed by atoms with Crippen molar-refractivity contribution in [2.75, 3.05) is 0 Å². The van der Waals surface area contributed by atoms with Gasteiger partial charge in [0.1, 0.15) is 5.82 Å². The van der Waals surface area contributed by atoms with Crippen molar-refractivity contribution in [1.82, 2.24) is 15.1 Å². The molecule has 1 spiro atoms. The van der Waals surface area contributed by atoms with Crippen molar-refractivity contribution in [3.05, 3.63) is 80.8 Å². The van der Waals surface area contributed by atoms with E-state index in [-0.39, 0.29) is 34.5 Å². The largest absolute Gasteiger partial charge is 0.347 e. The van der Waals surface area contributed by atoms with Crippen LogP contribution in [0, 0.1) is 28.0 Å². The number of halogens is 3. The summed E-state index contributed by atoms with van der Waals surface area (Å²) in [6.45, 7) is 7.08. The van der Waals surface area contributed by atoms with Gasteiger partial charge in [0.25, 0.3) is 5.91 Å². The Hall–Kier alpha value is -2.37. The Morgan fingerprint density at radius 1 is 1.10 bits per heavy atom. The van der Waals surface area contributed by atoms with Gasteiger partial charge in [-0.3, -0.25) is 4.79 Å². The van der Waals surface area contributed by atoms with Crippen LogP contribution in [-0.2, 0) is 12.8 Å². The molecule has 7 rings (SSSR count). The van der Waals surface area contributed by atoms with Crippen molar-refractivity contribution in [3.63, 3.8) is 0 Å². The van der Waals surface area contributed by atoms with Crippen LogP contribution < -0.4 is 5.32 Å². The number of aromatic nitrogens is 2. The summed E-state index contributed by atoms with van der Waals surface area (Å²) in [6.07, 6.45) is 8.28. The molecule has 3 fully saturated rings. The number of fused-ring (bicyclic) bond motifs is 1. The Labute approximate surface area is 245 Å². The third-order valence-corrected chi connectivity index (χ3v) is 11.8. The summed E-state index contributed by atoms with van der Waals surface area (Å²) in [6, 6.07) is 12.3. The van der Waals surface area contributed by atoms with Gasteiger partial charge < -0.3 is 5.32 Å². The van der Waals surface area contributed by atoms with Crippen LogP contribution in [0.2, 0.25) is 10.0 Å². The van der Waals surface area contributed by atoms with E-state index in [1.54, 1.807) is 6.07 Å². The lowest BCUT2D eigenvalue weighted by Crippen LogP contribution is -2.71. The van der Waals surface area contributed by atoms with E-state index in [4.69, 9.17) is 28.3 Å². The SMILES string of the molecule is CC1(C)[C@@H](NC(=O)c2nn(-c3ccc(Cl)cc3Cl)c3c2CCCCC3Cc2ccc(F)cc2)C2(C)CCC3CC312. The average molecular weight is 581 g/mol. The van der Waals surface area contributed by atoms with Gasteiger partial charge in [-0.15, -0.1) is 0 Å². The fraction of sp³-hybridized carbons (Fsp3) is 0.515. The van der Waals surface area contributed by atoms with Gasteiger partial charge in [-0.2, -0.15) is 5.10 Å². The second kappa shape index (κ2) is 9.06. The van der Waals surface area contributed by atoms with E-state index in [2.05, 4.69) is 26.1 Å². The predicted octanol–water partition coefficient (Wildman–Crippen LogP) is 8.32. The Morgan fingerprint density at radius 2 is 1.88 bits per heavy atom. The monoisotopic (exact) mass is 579 g/mol. The first-order chi connectivity index (χ1) is 19.1.